The van der Waals surface area contributed by atoms with Crippen LogP contribution in [0, 0.1) is 0 Å². The van der Waals surface area contributed by atoms with Gasteiger partial charge >= 0.3 is 6.09 Å². The van der Waals surface area contributed by atoms with Gasteiger partial charge in [-0.1, -0.05) is 19.8 Å². The fourth-order valence-electron chi connectivity index (χ4n) is 2.11. The van der Waals surface area contributed by atoms with Gasteiger partial charge in [-0.15, -0.1) is 0 Å². The summed E-state index contributed by atoms with van der Waals surface area (Å²) >= 11 is 0. The highest BCUT2D eigenvalue weighted by molar-refractivity contribution is 5.82. The molecule has 1 fully saturated rings. The fourth-order valence-corrected chi connectivity index (χ4v) is 2.11. The molecule has 19 heavy (non-hydrogen) atoms. The molecule has 6 heteroatoms. The van der Waals surface area contributed by atoms with Crippen molar-refractivity contribution in [2.75, 3.05) is 32.8 Å². The Bertz CT molecular complexity index is 302. The first-order chi connectivity index (χ1) is 9.10. The molecule has 0 aliphatic carbocycles. The van der Waals surface area contributed by atoms with Gasteiger partial charge in [0.1, 0.15) is 0 Å². The van der Waals surface area contributed by atoms with Crippen molar-refractivity contribution < 1.29 is 14.3 Å². The fraction of sp³-hybridized carbons (Fsp3) is 0.846. The minimum Gasteiger partial charge on any atom is -0.450 e. The number of hydrogen-bond acceptors (Lipinski definition) is 4. The molecule has 1 aliphatic rings. The molecule has 1 atom stereocenters. The van der Waals surface area contributed by atoms with Gasteiger partial charge in [0, 0.05) is 26.2 Å². The first-order valence-corrected chi connectivity index (χ1v) is 7.06. The standard InChI is InChI=1S/C13H25N3O3/c1-3-5-6-11(14)12(17)15-7-9-16(10-8-15)13(18)19-4-2/h11H,3-10,14H2,1-2H3. The molecule has 1 saturated heterocycles. The van der Waals surface area contributed by atoms with Gasteiger partial charge in [0.05, 0.1) is 12.6 Å². The molecular weight excluding hydrogens is 246 g/mol. The third kappa shape index (κ3) is 4.70. The second kappa shape index (κ2) is 7.99. The van der Waals surface area contributed by atoms with E-state index in [1.165, 1.54) is 0 Å². The van der Waals surface area contributed by atoms with Crippen molar-refractivity contribution in [1.82, 2.24) is 9.80 Å². The number of carbonyl (C=O) groups excluding carboxylic acids is 2. The number of piperazine rings is 1. The summed E-state index contributed by atoms with van der Waals surface area (Å²) in [6.45, 7) is 6.35. The second-order valence-corrected chi connectivity index (χ2v) is 4.76. The van der Waals surface area contributed by atoms with Crippen LogP contribution in [-0.2, 0) is 9.53 Å². The first-order valence-electron chi connectivity index (χ1n) is 7.06. The molecule has 6 nitrogen and oxygen atoms in total. The highest BCUT2D eigenvalue weighted by Crippen LogP contribution is 2.08. The lowest BCUT2D eigenvalue weighted by Gasteiger charge is -2.35. The number of carbonyl (C=O) groups is 2. The molecular formula is C13H25N3O3. The van der Waals surface area contributed by atoms with E-state index in [2.05, 4.69) is 6.92 Å². The van der Waals surface area contributed by atoms with E-state index in [-0.39, 0.29) is 12.0 Å². The smallest absolute Gasteiger partial charge is 0.409 e. The van der Waals surface area contributed by atoms with E-state index >= 15 is 0 Å². The van der Waals surface area contributed by atoms with Gasteiger partial charge in [0.25, 0.3) is 0 Å². The van der Waals surface area contributed by atoms with Crippen LogP contribution in [0.5, 0.6) is 0 Å². The molecule has 2 N–H and O–H groups in total. The summed E-state index contributed by atoms with van der Waals surface area (Å²) in [5, 5.41) is 0. The Kier molecular flexibility index (Phi) is 6.62. The number of nitrogens with zero attached hydrogens (tertiary/aromatic N) is 2. The Morgan fingerprint density at radius 3 is 2.26 bits per heavy atom. The zero-order valence-corrected chi connectivity index (χ0v) is 11.9. The number of nitrogens with two attached hydrogens (primary N) is 1. The van der Waals surface area contributed by atoms with E-state index in [1.807, 2.05) is 0 Å². The lowest BCUT2D eigenvalue weighted by atomic mass is 10.1. The van der Waals surface area contributed by atoms with Crippen molar-refractivity contribution in [2.45, 2.75) is 39.2 Å². The Morgan fingerprint density at radius 2 is 1.74 bits per heavy atom. The Labute approximate surface area is 114 Å². The van der Waals surface area contributed by atoms with Crippen molar-refractivity contribution in [3.63, 3.8) is 0 Å². The van der Waals surface area contributed by atoms with Crippen LogP contribution < -0.4 is 5.73 Å². The molecule has 0 saturated carbocycles. The minimum absolute atomic E-state index is 0.00282. The Balaban J connectivity index is 2.36. The molecule has 1 aliphatic heterocycles. The van der Waals surface area contributed by atoms with E-state index < -0.39 is 6.04 Å². The Hall–Kier alpha value is -1.30. The zero-order chi connectivity index (χ0) is 14.3. The molecule has 1 rings (SSSR count). The molecule has 1 heterocycles. The average Bonchev–Trinajstić information content (AvgIpc) is 2.44. The number of rotatable bonds is 5. The maximum atomic E-state index is 12.1. The van der Waals surface area contributed by atoms with Crippen LogP contribution in [0.1, 0.15) is 33.1 Å². The van der Waals surface area contributed by atoms with Crippen molar-refractivity contribution in [3.05, 3.63) is 0 Å². The predicted molar refractivity (Wildman–Crippen MR) is 72.7 cm³/mol. The monoisotopic (exact) mass is 271 g/mol. The molecule has 0 aromatic carbocycles. The number of hydrogen-bond donors (Lipinski definition) is 1. The summed E-state index contributed by atoms with van der Waals surface area (Å²) in [7, 11) is 0. The van der Waals surface area contributed by atoms with Crippen LogP contribution in [0.4, 0.5) is 4.79 Å². The quantitative estimate of drug-likeness (QED) is 0.802. The molecule has 0 bridgehead atoms. The van der Waals surface area contributed by atoms with Gasteiger partial charge in [-0.05, 0) is 13.3 Å². The topological polar surface area (TPSA) is 75.9 Å². The number of ether oxygens (including phenoxy) is 1. The maximum Gasteiger partial charge on any atom is 0.409 e. The molecule has 0 radical (unpaired) electrons. The van der Waals surface area contributed by atoms with E-state index in [0.717, 1.165) is 19.3 Å². The molecule has 2 amide bonds. The molecule has 110 valence electrons. The third-order valence-electron chi connectivity index (χ3n) is 3.30. The van der Waals surface area contributed by atoms with Gasteiger partial charge in [-0.25, -0.2) is 4.79 Å². The van der Waals surface area contributed by atoms with Crippen LogP contribution in [-0.4, -0.2) is 60.6 Å². The summed E-state index contributed by atoms with van der Waals surface area (Å²) in [6.07, 6.45) is 2.44. The molecule has 0 spiro atoms. The van der Waals surface area contributed by atoms with Gasteiger partial charge in [0.15, 0.2) is 0 Å². The SMILES string of the molecule is CCCCC(N)C(=O)N1CCN(C(=O)OCC)CC1. The lowest BCUT2D eigenvalue weighted by molar-refractivity contribution is -0.134. The summed E-state index contributed by atoms with van der Waals surface area (Å²) in [4.78, 5) is 27.0. The summed E-state index contributed by atoms with van der Waals surface area (Å²) in [6, 6.07) is -0.408. The van der Waals surface area contributed by atoms with Crippen molar-refractivity contribution >= 4 is 12.0 Å². The molecule has 0 aromatic heterocycles. The van der Waals surface area contributed by atoms with Gasteiger partial charge < -0.3 is 20.3 Å². The van der Waals surface area contributed by atoms with E-state index in [4.69, 9.17) is 10.5 Å². The minimum atomic E-state index is -0.408. The lowest BCUT2D eigenvalue weighted by Crippen LogP contribution is -2.54. The molecule has 1 unspecified atom stereocenters. The maximum absolute atomic E-state index is 12.1. The van der Waals surface area contributed by atoms with Crippen LogP contribution in [0.15, 0.2) is 0 Å². The number of amides is 2. The second-order valence-electron chi connectivity index (χ2n) is 4.76. The Morgan fingerprint density at radius 1 is 1.16 bits per heavy atom. The number of unbranched alkanes of at least 4 members (excludes halogenated alkanes) is 1. The van der Waals surface area contributed by atoms with Gasteiger partial charge in [-0.3, -0.25) is 4.79 Å². The van der Waals surface area contributed by atoms with Crippen molar-refractivity contribution in [2.24, 2.45) is 5.73 Å². The van der Waals surface area contributed by atoms with Crippen LogP contribution in [0.2, 0.25) is 0 Å². The van der Waals surface area contributed by atoms with E-state index in [1.54, 1.807) is 16.7 Å². The predicted octanol–water partition coefficient (Wildman–Crippen LogP) is 0.805. The zero-order valence-electron chi connectivity index (χ0n) is 11.9. The highest BCUT2D eigenvalue weighted by atomic mass is 16.6. The van der Waals surface area contributed by atoms with Crippen molar-refractivity contribution in [3.8, 4) is 0 Å². The van der Waals surface area contributed by atoms with Gasteiger partial charge in [0.2, 0.25) is 5.91 Å². The van der Waals surface area contributed by atoms with E-state index in [0.29, 0.717) is 32.8 Å². The van der Waals surface area contributed by atoms with Crippen molar-refractivity contribution in [1.29, 1.82) is 0 Å². The summed E-state index contributed by atoms with van der Waals surface area (Å²) in [5.41, 5.74) is 5.88. The molecule has 0 aromatic rings. The summed E-state index contributed by atoms with van der Waals surface area (Å²) in [5.74, 6) is -0.00282. The van der Waals surface area contributed by atoms with Crippen LogP contribution in [0.3, 0.4) is 0 Å². The first kappa shape index (κ1) is 15.8. The average molecular weight is 271 g/mol. The largest absolute Gasteiger partial charge is 0.450 e. The highest BCUT2D eigenvalue weighted by Gasteiger charge is 2.27. The summed E-state index contributed by atoms with van der Waals surface area (Å²) < 4.78 is 4.94. The van der Waals surface area contributed by atoms with E-state index in [9.17, 15) is 9.59 Å². The van der Waals surface area contributed by atoms with Crippen LogP contribution >= 0.6 is 0 Å². The normalized spacial score (nSPS) is 17.2. The third-order valence-corrected chi connectivity index (χ3v) is 3.30. The van der Waals surface area contributed by atoms with Crippen LogP contribution in [0.25, 0.3) is 0 Å². The van der Waals surface area contributed by atoms with Gasteiger partial charge in [-0.2, -0.15) is 0 Å².